The molecular weight excluding hydrogens is 396 g/mol. The average molecular weight is 412 g/mol. The van der Waals surface area contributed by atoms with Crippen molar-refractivity contribution in [1.29, 1.82) is 0 Å². The SMILES string of the molecule is O=C(COc1ccc(Cl)cc1)NCCNC(=O)c1cccc(Br)c1. The van der Waals surface area contributed by atoms with Crippen molar-refractivity contribution in [3.63, 3.8) is 0 Å². The van der Waals surface area contributed by atoms with Gasteiger partial charge in [0, 0.05) is 28.1 Å². The van der Waals surface area contributed by atoms with Gasteiger partial charge in [-0.05, 0) is 42.5 Å². The van der Waals surface area contributed by atoms with Crippen LogP contribution in [0.3, 0.4) is 0 Å². The van der Waals surface area contributed by atoms with E-state index in [1.807, 2.05) is 6.07 Å². The lowest BCUT2D eigenvalue weighted by Gasteiger charge is -2.09. The standard InChI is InChI=1S/C17H16BrClN2O3/c18-13-3-1-2-12(10-13)17(23)21-9-8-20-16(22)11-24-15-6-4-14(19)5-7-15/h1-7,10H,8-9,11H2,(H,20,22)(H,21,23). The Hall–Kier alpha value is -2.05. The Morgan fingerprint density at radius 3 is 2.46 bits per heavy atom. The quantitative estimate of drug-likeness (QED) is 0.688. The van der Waals surface area contributed by atoms with E-state index in [9.17, 15) is 9.59 Å². The summed E-state index contributed by atoms with van der Waals surface area (Å²) in [6, 6.07) is 13.8. The van der Waals surface area contributed by atoms with E-state index >= 15 is 0 Å². The molecule has 2 aromatic rings. The molecule has 7 heteroatoms. The Bertz CT molecular complexity index is 707. The van der Waals surface area contributed by atoms with Crippen molar-refractivity contribution in [1.82, 2.24) is 10.6 Å². The number of ether oxygens (including phenoxy) is 1. The highest BCUT2D eigenvalue weighted by atomic mass is 79.9. The lowest BCUT2D eigenvalue weighted by atomic mass is 10.2. The van der Waals surface area contributed by atoms with E-state index < -0.39 is 0 Å². The second kappa shape index (κ2) is 9.30. The highest BCUT2D eigenvalue weighted by molar-refractivity contribution is 9.10. The highest BCUT2D eigenvalue weighted by Crippen LogP contribution is 2.15. The fourth-order valence-corrected chi connectivity index (χ4v) is 2.37. The van der Waals surface area contributed by atoms with Crippen molar-refractivity contribution in [2.24, 2.45) is 0 Å². The Labute approximate surface area is 153 Å². The molecule has 0 aliphatic heterocycles. The molecule has 0 unspecified atom stereocenters. The van der Waals surface area contributed by atoms with E-state index in [4.69, 9.17) is 16.3 Å². The predicted molar refractivity (Wildman–Crippen MR) is 96.4 cm³/mol. The molecule has 0 heterocycles. The number of nitrogens with one attached hydrogen (secondary N) is 2. The van der Waals surface area contributed by atoms with Crippen LogP contribution in [0.15, 0.2) is 53.0 Å². The molecule has 5 nitrogen and oxygen atoms in total. The number of carbonyl (C=O) groups is 2. The largest absolute Gasteiger partial charge is 0.484 e. The first-order valence-electron chi connectivity index (χ1n) is 7.23. The number of amides is 2. The molecule has 0 saturated heterocycles. The van der Waals surface area contributed by atoms with Crippen molar-refractivity contribution in [3.05, 3.63) is 63.6 Å². The van der Waals surface area contributed by atoms with Gasteiger partial charge in [-0.3, -0.25) is 9.59 Å². The molecule has 2 N–H and O–H groups in total. The van der Waals surface area contributed by atoms with Crippen LogP contribution in [0.5, 0.6) is 5.75 Å². The Morgan fingerprint density at radius 2 is 1.75 bits per heavy atom. The summed E-state index contributed by atoms with van der Waals surface area (Å²) in [5.74, 6) is 0.113. The molecule has 0 saturated carbocycles. The van der Waals surface area contributed by atoms with Crippen LogP contribution in [0.4, 0.5) is 0 Å². The minimum Gasteiger partial charge on any atom is -0.484 e. The molecule has 24 heavy (non-hydrogen) atoms. The van der Waals surface area contributed by atoms with Crippen LogP contribution in [0.25, 0.3) is 0 Å². The van der Waals surface area contributed by atoms with Gasteiger partial charge in [-0.15, -0.1) is 0 Å². The smallest absolute Gasteiger partial charge is 0.258 e. The van der Waals surface area contributed by atoms with Crippen molar-refractivity contribution in [2.75, 3.05) is 19.7 Å². The highest BCUT2D eigenvalue weighted by Gasteiger charge is 2.06. The van der Waals surface area contributed by atoms with Gasteiger partial charge in [-0.2, -0.15) is 0 Å². The van der Waals surface area contributed by atoms with Crippen LogP contribution >= 0.6 is 27.5 Å². The second-order valence-electron chi connectivity index (χ2n) is 4.86. The fourth-order valence-electron chi connectivity index (χ4n) is 1.84. The Morgan fingerprint density at radius 1 is 1.04 bits per heavy atom. The summed E-state index contributed by atoms with van der Waals surface area (Å²) < 4.78 is 6.16. The summed E-state index contributed by atoms with van der Waals surface area (Å²) >= 11 is 9.08. The number of hydrogen-bond donors (Lipinski definition) is 2. The molecule has 0 aliphatic rings. The molecular formula is C17H16BrClN2O3. The molecule has 0 atom stereocenters. The maximum Gasteiger partial charge on any atom is 0.258 e. The third-order valence-corrected chi connectivity index (χ3v) is 3.75. The molecule has 126 valence electrons. The summed E-state index contributed by atoms with van der Waals surface area (Å²) in [6.07, 6.45) is 0. The minimum absolute atomic E-state index is 0.0960. The van der Waals surface area contributed by atoms with Gasteiger partial charge in [0.25, 0.3) is 11.8 Å². The third kappa shape index (κ3) is 6.22. The monoisotopic (exact) mass is 410 g/mol. The van der Waals surface area contributed by atoms with Crippen LogP contribution in [0.1, 0.15) is 10.4 Å². The molecule has 0 aliphatic carbocycles. The number of carbonyl (C=O) groups excluding carboxylic acids is 2. The molecule has 2 aromatic carbocycles. The summed E-state index contributed by atoms with van der Waals surface area (Å²) in [5, 5.41) is 6.00. The zero-order valence-electron chi connectivity index (χ0n) is 12.7. The number of benzene rings is 2. The van der Waals surface area contributed by atoms with Gasteiger partial charge in [0.15, 0.2) is 6.61 Å². The van der Waals surface area contributed by atoms with Gasteiger partial charge < -0.3 is 15.4 Å². The fraction of sp³-hybridized carbons (Fsp3) is 0.176. The van der Waals surface area contributed by atoms with Crippen molar-refractivity contribution in [3.8, 4) is 5.75 Å². The van der Waals surface area contributed by atoms with Crippen LogP contribution < -0.4 is 15.4 Å². The van der Waals surface area contributed by atoms with Gasteiger partial charge >= 0.3 is 0 Å². The van der Waals surface area contributed by atoms with Crippen molar-refractivity contribution < 1.29 is 14.3 Å². The topological polar surface area (TPSA) is 67.4 Å². The third-order valence-electron chi connectivity index (χ3n) is 3.00. The Kier molecular flexibility index (Phi) is 7.08. The van der Waals surface area contributed by atoms with Gasteiger partial charge in [0.1, 0.15) is 5.75 Å². The molecule has 0 bridgehead atoms. The van der Waals surface area contributed by atoms with Crippen LogP contribution in [0, 0.1) is 0 Å². The van der Waals surface area contributed by atoms with E-state index in [2.05, 4.69) is 26.6 Å². The number of rotatable bonds is 7. The molecule has 2 amide bonds. The van der Waals surface area contributed by atoms with Crippen LogP contribution in [0.2, 0.25) is 5.02 Å². The summed E-state index contributed by atoms with van der Waals surface area (Å²) in [6.45, 7) is 0.557. The maximum atomic E-state index is 11.9. The molecule has 0 fully saturated rings. The molecule has 0 spiro atoms. The molecule has 0 aromatic heterocycles. The van der Waals surface area contributed by atoms with Gasteiger partial charge in [0.05, 0.1) is 0 Å². The van der Waals surface area contributed by atoms with E-state index in [1.54, 1.807) is 42.5 Å². The normalized spacial score (nSPS) is 10.1. The first-order chi connectivity index (χ1) is 11.5. The number of halogens is 2. The minimum atomic E-state index is -0.262. The first kappa shape index (κ1) is 18.3. The lowest BCUT2D eigenvalue weighted by molar-refractivity contribution is -0.123. The van der Waals surface area contributed by atoms with Crippen LogP contribution in [-0.4, -0.2) is 31.5 Å². The predicted octanol–water partition coefficient (Wildman–Crippen LogP) is 3.03. The second-order valence-corrected chi connectivity index (χ2v) is 6.21. The van der Waals surface area contributed by atoms with Crippen LogP contribution in [-0.2, 0) is 4.79 Å². The zero-order chi connectivity index (χ0) is 17.4. The average Bonchev–Trinajstić information content (AvgIpc) is 2.58. The zero-order valence-corrected chi connectivity index (χ0v) is 15.1. The maximum absolute atomic E-state index is 11.9. The van der Waals surface area contributed by atoms with Gasteiger partial charge in [0.2, 0.25) is 0 Å². The Balaban J connectivity index is 1.64. The van der Waals surface area contributed by atoms with E-state index in [0.717, 1.165) is 4.47 Å². The molecule has 2 rings (SSSR count). The van der Waals surface area contributed by atoms with E-state index in [0.29, 0.717) is 29.4 Å². The molecule has 0 radical (unpaired) electrons. The van der Waals surface area contributed by atoms with Gasteiger partial charge in [-0.1, -0.05) is 33.6 Å². The summed E-state index contributed by atoms with van der Waals surface area (Å²) in [7, 11) is 0. The summed E-state index contributed by atoms with van der Waals surface area (Å²) in [4.78, 5) is 23.6. The van der Waals surface area contributed by atoms with Crippen molar-refractivity contribution >= 4 is 39.3 Å². The number of hydrogen-bond acceptors (Lipinski definition) is 3. The lowest BCUT2D eigenvalue weighted by Crippen LogP contribution is -2.36. The van der Waals surface area contributed by atoms with E-state index in [1.165, 1.54) is 0 Å². The van der Waals surface area contributed by atoms with E-state index in [-0.39, 0.29) is 18.4 Å². The summed E-state index contributed by atoms with van der Waals surface area (Å²) in [5.41, 5.74) is 0.557. The first-order valence-corrected chi connectivity index (χ1v) is 8.40. The van der Waals surface area contributed by atoms with Gasteiger partial charge in [-0.25, -0.2) is 0 Å². The van der Waals surface area contributed by atoms with Crippen molar-refractivity contribution in [2.45, 2.75) is 0 Å².